The first-order chi connectivity index (χ1) is 17.7. The summed E-state index contributed by atoms with van der Waals surface area (Å²) in [6.07, 6.45) is 0.922. The number of nitrogens with zero attached hydrogens (tertiary/aromatic N) is 3. The number of carbonyl (C=O) groups excluding carboxylic acids is 2. The van der Waals surface area contributed by atoms with Crippen LogP contribution < -0.4 is 21.3 Å². The molecule has 0 bridgehead atoms. The van der Waals surface area contributed by atoms with Crippen LogP contribution in [-0.2, 0) is 9.53 Å². The maximum absolute atomic E-state index is 13.2. The molecule has 2 aromatic carbocycles. The lowest BCUT2D eigenvalue weighted by atomic mass is 9.98. The van der Waals surface area contributed by atoms with Gasteiger partial charge in [-0.05, 0) is 59.9 Å². The lowest BCUT2D eigenvalue weighted by molar-refractivity contribution is -0.126. The Bertz CT molecular complexity index is 1530. The number of hydrogen-bond donors (Lipinski definition) is 2. The number of fused-ring (bicyclic) bond motifs is 1. The van der Waals surface area contributed by atoms with Crippen molar-refractivity contribution >= 4 is 28.5 Å². The highest BCUT2D eigenvalue weighted by atomic mass is 16.6. The van der Waals surface area contributed by atoms with Gasteiger partial charge in [-0.3, -0.25) is 9.59 Å². The van der Waals surface area contributed by atoms with E-state index in [1.807, 2.05) is 37.3 Å². The smallest absolute Gasteiger partial charge is 0.405 e. The quantitative estimate of drug-likeness (QED) is 0.392. The van der Waals surface area contributed by atoms with Crippen LogP contribution in [0.25, 0.3) is 27.7 Å². The van der Waals surface area contributed by atoms with Gasteiger partial charge < -0.3 is 20.5 Å². The molecule has 4 rings (SSSR count). The van der Waals surface area contributed by atoms with Crippen LogP contribution in [0.5, 0.6) is 5.75 Å². The van der Waals surface area contributed by atoms with Crippen LogP contribution in [0.15, 0.2) is 65.7 Å². The van der Waals surface area contributed by atoms with Crippen molar-refractivity contribution in [3.05, 3.63) is 76.8 Å². The fourth-order valence-electron chi connectivity index (χ4n) is 4.05. The molecule has 0 spiro atoms. The van der Waals surface area contributed by atoms with Crippen molar-refractivity contribution in [1.29, 1.82) is 0 Å². The molecular weight excluding hydrogens is 474 g/mol. The van der Waals surface area contributed by atoms with E-state index in [1.165, 1.54) is 10.9 Å². The molecule has 0 saturated carbocycles. The normalized spacial score (nSPS) is 11.8. The summed E-state index contributed by atoms with van der Waals surface area (Å²) in [5, 5.41) is 8.12. The maximum Gasteiger partial charge on any atom is 0.405 e. The summed E-state index contributed by atoms with van der Waals surface area (Å²) in [7, 11) is 1.63. The molecule has 37 heavy (non-hydrogen) atoms. The van der Waals surface area contributed by atoms with Gasteiger partial charge >= 0.3 is 6.09 Å². The number of amides is 2. The van der Waals surface area contributed by atoms with E-state index in [0.717, 1.165) is 22.4 Å². The number of hydrogen-bond acceptors (Lipinski definition) is 7. The lowest BCUT2D eigenvalue weighted by Crippen LogP contribution is -2.38. The number of carbonyl (C=O) groups is 2. The standard InChI is InChI=1S/C27H27N5O5/c1-15(2)24(37-27(28)35)25(33)31-19-9-11-23(29-14-19)32-26(34)21-10-8-17(12-18(21)13-30-32)20-6-5-7-22(36-4)16(20)3/h5-15,24H,1-4H3,(H2,28,35)(H,31,33). The van der Waals surface area contributed by atoms with Crippen molar-refractivity contribution in [2.45, 2.75) is 26.9 Å². The number of nitrogens with one attached hydrogen (secondary N) is 1. The Morgan fingerprint density at radius 3 is 2.51 bits per heavy atom. The molecule has 10 nitrogen and oxygen atoms in total. The Hall–Kier alpha value is -4.73. The van der Waals surface area contributed by atoms with E-state index in [2.05, 4.69) is 15.4 Å². The molecule has 0 aliphatic carbocycles. The van der Waals surface area contributed by atoms with Crippen LogP contribution in [-0.4, -0.2) is 40.0 Å². The highest BCUT2D eigenvalue weighted by Gasteiger charge is 2.25. The van der Waals surface area contributed by atoms with Gasteiger partial charge in [0.05, 0.1) is 30.6 Å². The first-order valence-electron chi connectivity index (χ1n) is 11.6. The molecule has 0 radical (unpaired) electrons. The Balaban J connectivity index is 1.60. The zero-order valence-electron chi connectivity index (χ0n) is 20.9. The molecule has 0 aliphatic rings. The number of benzene rings is 2. The first kappa shape index (κ1) is 25.4. The highest BCUT2D eigenvalue weighted by molar-refractivity contribution is 5.95. The van der Waals surface area contributed by atoms with Gasteiger partial charge in [0.15, 0.2) is 11.9 Å². The second-order valence-corrected chi connectivity index (χ2v) is 8.79. The molecule has 0 aliphatic heterocycles. The number of primary amides is 1. The van der Waals surface area contributed by atoms with Crippen molar-refractivity contribution < 1.29 is 19.1 Å². The zero-order valence-corrected chi connectivity index (χ0v) is 20.9. The van der Waals surface area contributed by atoms with E-state index in [4.69, 9.17) is 15.2 Å². The number of aromatic nitrogens is 3. The maximum atomic E-state index is 13.2. The monoisotopic (exact) mass is 501 g/mol. The third-order valence-corrected chi connectivity index (χ3v) is 5.94. The molecule has 190 valence electrons. The SMILES string of the molecule is COc1cccc(-c2ccc3c(=O)n(-c4ccc(NC(=O)C(OC(N)=O)C(C)C)cn4)ncc3c2)c1C. The van der Waals surface area contributed by atoms with Crippen LogP contribution >= 0.6 is 0 Å². The zero-order chi connectivity index (χ0) is 26.7. The van der Waals surface area contributed by atoms with Gasteiger partial charge in [0.2, 0.25) is 0 Å². The number of ether oxygens (including phenoxy) is 2. The van der Waals surface area contributed by atoms with E-state index in [1.54, 1.807) is 45.4 Å². The van der Waals surface area contributed by atoms with Gasteiger partial charge in [-0.1, -0.05) is 32.0 Å². The summed E-state index contributed by atoms with van der Waals surface area (Å²) in [5.74, 6) is 0.253. The fraction of sp³-hybridized carbons (Fsp3) is 0.222. The topological polar surface area (TPSA) is 138 Å². The second-order valence-electron chi connectivity index (χ2n) is 8.79. The molecule has 2 amide bonds. The summed E-state index contributed by atoms with van der Waals surface area (Å²) < 4.78 is 11.5. The Morgan fingerprint density at radius 1 is 1.08 bits per heavy atom. The van der Waals surface area contributed by atoms with Crippen LogP contribution in [0.1, 0.15) is 19.4 Å². The number of anilines is 1. The Labute approximate surface area is 213 Å². The van der Waals surface area contributed by atoms with Gasteiger partial charge in [-0.25, -0.2) is 9.78 Å². The minimum absolute atomic E-state index is 0.284. The molecule has 4 aromatic rings. The predicted octanol–water partition coefficient (Wildman–Crippen LogP) is 3.82. The van der Waals surface area contributed by atoms with Gasteiger partial charge in [0, 0.05) is 5.39 Å². The molecule has 0 fully saturated rings. The molecule has 3 N–H and O–H groups in total. The van der Waals surface area contributed by atoms with E-state index < -0.39 is 18.1 Å². The summed E-state index contributed by atoms with van der Waals surface area (Å²) >= 11 is 0. The van der Waals surface area contributed by atoms with Crippen molar-refractivity contribution in [2.24, 2.45) is 11.7 Å². The molecule has 10 heteroatoms. The lowest BCUT2D eigenvalue weighted by Gasteiger charge is -2.19. The largest absolute Gasteiger partial charge is 0.496 e. The van der Waals surface area contributed by atoms with Crippen LogP contribution in [0.4, 0.5) is 10.5 Å². The summed E-state index contributed by atoms with van der Waals surface area (Å²) in [5.41, 5.74) is 8.04. The van der Waals surface area contributed by atoms with Crippen LogP contribution in [0, 0.1) is 12.8 Å². The Morgan fingerprint density at radius 2 is 1.86 bits per heavy atom. The molecule has 2 aromatic heterocycles. The van der Waals surface area contributed by atoms with Gasteiger partial charge in [-0.2, -0.15) is 9.78 Å². The van der Waals surface area contributed by atoms with Crippen LogP contribution in [0.2, 0.25) is 0 Å². The molecule has 0 saturated heterocycles. The molecule has 1 unspecified atom stereocenters. The fourth-order valence-corrected chi connectivity index (χ4v) is 4.05. The van der Waals surface area contributed by atoms with E-state index in [9.17, 15) is 14.4 Å². The number of rotatable bonds is 7. The Kier molecular flexibility index (Phi) is 7.19. The number of pyridine rings is 1. The van der Waals surface area contributed by atoms with Crippen molar-refractivity contribution in [3.63, 3.8) is 0 Å². The minimum atomic E-state index is -1.05. The third kappa shape index (κ3) is 5.27. The van der Waals surface area contributed by atoms with E-state index >= 15 is 0 Å². The number of methoxy groups -OCH3 is 1. The van der Waals surface area contributed by atoms with Gasteiger partial charge in [0.25, 0.3) is 11.5 Å². The molecule has 1 atom stereocenters. The molecular formula is C27H27N5O5. The van der Waals surface area contributed by atoms with Gasteiger partial charge in [0.1, 0.15) is 5.75 Å². The molecule has 2 heterocycles. The van der Waals surface area contributed by atoms with E-state index in [-0.39, 0.29) is 17.3 Å². The van der Waals surface area contributed by atoms with Gasteiger partial charge in [-0.15, -0.1) is 0 Å². The van der Waals surface area contributed by atoms with Crippen molar-refractivity contribution in [2.75, 3.05) is 12.4 Å². The second kappa shape index (κ2) is 10.5. The average Bonchev–Trinajstić information content (AvgIpc) is 2.88. The van der Waals surface area contributed by atoms with Crippen LogP contribution in [0.3, 0.4) is 0 Å². The minimum Gasteiger partial charge on any atom is -0.496 e. The number of nitrogens with two attached hydrogens (primary N) is 1. The first-order valence-corrected chi connectivity index (χ1v) is 11.6. The van der Waals surface area contributed by atoms with Crippen molar-refractivity contribution in [3.8, 4) is 22.7 Å². The van der Waals surface area contributed by atoms with Crippen molar-refractivity contribution in [1.82, 2.24) is 14.8 Å². The highest BCUT2D eigenvalue weighted by Crippen LogP contribution is 2.31. The third-order valence-electron chi connectivity index (χ3n) is 5.94. The van der Waals surface area contributed by atoms with E-state index in [0.29, 0.717) is 16.5 Å². The predicted molar refractivity (Wildman–Crippen MR) is 140 cm³/mol. The summed E-state index contributed by atoms with van der Waals surface area (Å²) in [6, 6.07) is 14.5. The average molecular weight is 502 g/mol. The summed E-state index contributed by atoms with van der Waals surface area (Å²) in [4.78, 5) is 41.0. The summed E-state index contributed by atoms with van der Waals surface area (Å²) in [6.45, 7) is 5.44.